The van der Waals surface area contributed by atoms with Gasteiger partial charge in [-0.2, -0.15) is 0 Å². The second-order valence-electron chi connectivity index (χ2n) is 3.42. The van der Waals surface area contributed by atoms with Gasteiger partial charge in [-0.1, -0.05) is 5.10 Å². The Morgan fingerprint density at radius 3 is 2.53 bits per heavy atom. The average molecular weight is 207 g/mol. The lowest BCUT2D eigenvalue weighted by Gasteiger charge is -1.98. The number of rotatable bonds is 3. The van der Waals surface area contributed by atoms with Crippen molar-refractivity contribution in [1.82, 2.24) is 10.2 Å². The van der Waals surface area contributed by atoms with Crippen molar-refractivity contribution >= 4 is 6.01 Å². The predicted molar refractivity (Wildman–Crippen MR) is 54.5 cm³/mol. The lowest BCUT2D eigenvalue weighted by Crippen LogP contribution is -1.99. The molecule has 0 radical (unpaired) electrons. The third-order valence-electron chi connectivity index (χ3n) is 2.10. The van der Waals surface area contributed by atoms with Crippen LogP contribution in [-0.2, 0) is 6.54 Å². The van der Waals surface area contributed by atoms with Gasteiger partial charge in [0.25, 0.3) is 0 Å². The van der Waals surface area contributed by atoms with Crippen molar-refractivity contribution in [3.63, 3.8) is 0 Å². The van der Waals surface area contributed by atoms with Crippen LogP contribution in [-0.4, -0.2) is 10.2 Å². The zero-order valence-electron chi connectivity index (χ0n) is 9.00. The fourth-order valence-electron chi connectivity index (χ4n) is 1.40. The van der Waals surface area contributed by atoms with Crippen molar-refractivity contribution in [2.24, 2.45) is 0 Å². The maximum absolute atomic E-state index is 5.40. The molecule has 0 aliphatic carbocycles. The highest BCUT2D eigenvalue weighted by atomic mass is 16.4. The highest BCUT2D eigenvalue weighted by molar-refractivity contribution is 5.26. The highest BCUT2D eigenvalue weighted by Gasteiger charge is 2.06. The van der Waals surface area contributed by atoms with Gasteiger partial charge in [-0.25, -0.2) is 0 Å². The largest absolute Gasteiger partial charge is 0.466 e. The van der Waals surface area contributed by atoms with Crippen molar-refractivity contribution in [3.05, 3.63) is 29.0 Å². The molecule has 5 heteroatoms. The lowest BCUT2D eigenvalue weighted by atomic mass is 10.2. The molecule has 0 unspecified atom stereocenters. The summed E-state index contributed by atoms with van der Waals surface area (Å²) in [5, 5.41) is 10.6. The molecule has 5 nitrogen and oxygen atoms in total. The van der Waals surface area contributed by atoms with Crippen LogP contribution in [0.25, 0.3) is 0 Å². The summed E-state index contributed by atoms with van der Waals surface area (Å²) >= 11 is 0. The molecule has 2 aromatic rings. The van der Waals surface area contributed by atoms with Gasteiger partial charge in [0.15, 0.2) is 0 Å². The van der Waals surface area contributed by atoms with Gasteiger partial charge < -0.3 is 14.2 Å². The van der Waals surface area contributed by atoms with E-state index in [0.29, 0.717) is 18.5 Å². The van der Waals surface area contributed by atoms with Crippen LogP contribution in [0.5, 0.6) is 0 Å². The monoisotopic (exact) mass is 207 g/mol. The second kappa shape index (κ2) is 3.76. The molecule has 0 aliphatic rings. The number of aryl methyl sites for hydroxylation is 3. The topological polar surface area (TPSA) is 64.1 Å². The number of nitrogens with one attached hydrogen (secondary N) is 1. The van der Waals surface area contributed by atoms with Gasteiger partial charge in [0.05, 0.1) is 0 Å². The first-order valence-electron chi connectivity index (χ1n) is 4.75. The van der Waals surface area contributed by atoms with Gasteiger partial charge in [-0.15, -0.1) is 5.10 Å². The van der Waals surface area contributed by atoms with E-state index >= 15 is 0 Å². The standard InChI is InChI=1S/C10H13N3O2/c1-6-4-9(7(2)14-6)5-11-10-13-12-8(3)15-10/h4H,5H2,1-3H3,(H,11,13). The molecule has 0 atom stereocenters. The Labute approximate surface area is 87.5 Å². The SMILES string of the molecule is Cc1cc(CNc2nnc(C)o2)c(C)o1. The van der Waals surface area contributed by atoms with Gasteiger partial charge in [0, 0.05) is 19.0 Å². The molecule has 2 heterocycles. The highest BCUT2D eigenvalue weighted by Crippen LogP contribution is 2.15. The number of furan rings is 1. The fraction of sp³-hybridized carbons (Fsp3) is 0.400. The van der Waals surface area contributed by atoms with E-state index in [1.54, 1.807) is 6.92 Å². The Balaban J connectivity index is 2.01. The Morgan fingerprint density at radius 1 is 1.20 bits per heavy atom. The van der Waals surface area contributed by atoms with Gasteiger partial charge in [-0.3, -0.25) is 0 Å². The quantitative estimate of drug-likeness (QED) is 0.835. The normalized spacial score (nSPS) is 10.6. The van der Waals surface area contributed by atoms with Crippen LogP contribution in [0.15, 0.2) is 14.9 Å². The summed E-state index contributed by atoms with van der Waals surface area (Å²) < 4.78 is 10.6. The predicted octanol–water partition coefficient (Wildman–Crippen LogP) is 2.20. The Kier molecular flexibility index (Phi) is 2.45. The molecule has 0 aromatic carbocycles. The van der Waals surface area contributed by atoms with Crippen molar-refractivity contribution in [1.29, 1.82) is 0 Å². The number of nitrogens with zero attached hydrogens (tertiary/aromatic N) is 2. The summed E-state index contributed by atoms with van der Waals surface area (Å²) in [5.74, 6) is 2.37. The molecular formula is C10H13N3O2. The van der Waals surface area contributed by atoms with Crippen molar-refractivity contribution in [2.45, 2.75) is 27.3 Å². The minimum atomic E-state index is 0.436. The van der Waals surface area contributed by atoms with Crippen molar-refractivity contribution in [3.8, 4) is 0 Å². The number of aromatic nitrogens is 2. The molecule has 0 fully saturated rings. The minimum absolute atomic E-state index is 0.436. The molecule has 0 amide bonds. The number of hydrogen-bond donors (Lipinski definition) is 1. The zero-order valence-corrected chi connectivity index (χ0v) is 9.00. The summed E-state index contributed by atoms with van der Waals surface area (Å²) in [7, 11) is 0. The van der Waals surface area contributed by atoms with Gasteiger partial charge in [0.1, 0.15) is 11.5 Å². The molecule has 0 saturated heterocycles. The number of anilines is 1. The average Bonchev–Trinajstić information content (AvgIpc) is 2.70. The lowest BCUT2D eigenvalue weighted by molar-refractivity contribution is 0.501. The maximum atomic E-state index is 5.40. The number of hydrogen-bond acceptors (Lipinski definition) is 5. The van der Waals surface area contributed by atoms with Crippen LogP contribution in [0.3, 0.4) is 0 Å². The van der Waals surface area contributed by atoms with E-state index in [1.165, 1.54) is 0 Å². The van der Waals surface area contributed by atoms with Crippen LogP contribution >= 0.6 is 0 Å². The van der Waals surface area contributed by atoms with E-state index in [0.717, 1.165) is 17.1 Å². The molecule has 0 saturated carbocycles. The molecule has 0 bridgehead atoms. The first-order valence-corrected chi connectivity index (χ1v) is 4.75. The molecule has 2 aromatic heterocycles. The smallest absolute Gasteiger partial charge is 0.315 e. The van der Waals surface area contributed by atoms with Crippen molar-refractivity contribution in [2.75, 3.05) is 5.32 Å². The molecule has 0 spiro atoms. The first kappa shape index (κ1) is 9.76. The maximum Gasteiger partial charge on any atom is 0.315 e. The molecule has 2 rings (SSSR count). The van der Waals surface area contributed by atoms with Gasteiger partial charge >= 0.3 is 6.01 Å². The van der Waals surface area contributed by atoms with E-state index in [1.807, 2.05) is 19.9 Å². The van der Waals surface area contributed by atoms with E-state index in [-0.39, 0.29) is 0 Å². The van der Waals surface area contributed by atoms with Crippen LogP contribution in [0.2, 0.25) is 0 Å². The zero-order chi connectivity index (χ0) is 10.8. The Bertz CT molecular complexity index is 459. The summed E-state index contributed by atoms with van der Waals surface area (Å²) in [6.45, 7) is 6.24. The van der Waals surface area contributed by atoms with Crippen LogP contribution in [0.4, 0.5) is 6.01 Å². The van der Waals surface area contributed by atoms with Crippen LogP contribution in [0.1, 0.15) is 23.0 Å². The second-order valence-corrected chi connectivity index (χ2v) is 3.42. The molecule has 0 aliphatic heterocycles. The van der Waals surface area contributed by atoms with Crippen LogP contribution in [0, 0.1) is 20.8 Å². The van der Waals surface area contributed by atoms with Gasteiger partial charge in [-0.05, 0) is 19.9 Å². The summed E-state index contributed by atoms with van der Waals surface area (Å²) in [4.78, 5) is 0. The summed E-state index contributed by atoms with van der Waals surface area (Å²) in [6, 6.07) is 2.43. The van der Waals surface area contributed by atoms with Crippen molar-refractivity contribution < 1.29 is 8.83 Å². The van der Waals surface area contributed by atoms with E-state index in [4.69, 9.17) is 8.83 Å². The van der Waals surface area contributed by atoms with Crippen LogP contribution < -0.4 is 5.32 Å². The molecule has 80 valence electrons. The summed E-state index contributed by atoms with van der Waals surface area (Å²) in [5.41, 5.74) is 1.10. The third-order valence-corrected chi connectivity index (χ3v) is 2.10. The minimum Gasteiger partial charge on any atom is -0.466 e. The van der Waals surface area contributed by atoms with Gasteiger partial charge in [0.2, 0.25) is 5.89 Å². The molecule has 1 N–H and O–H groups in total. The fourth-order valence-corrected chi connectivity index (χ4v) is 1.40. The third kappa shape index (κ3) is 2.18. The first-order chi connectivity index (χ1) is 7.15. The Morgan fingerprint density at radius 2 is 2.00 bits per heavy atom. The van der Waals surface area contributed by atoms with E-state index in [9.17, 15) is 0 Å². The van der Waals surface area contributed by atoms with E-state index in [2.05, 4.69) is 15.5 Å². The molecular weight excluding hydrogens is 194 g/mol. The Hall–Kier alpha value is -1.78. The van der Waals surface area contributed by atoms with E-state index < -0.39 is 0 Å². The molecule has 15 heavy (non-hydrogen) atoms. The summed E-state index contributed by atoms with van der Waals surface area (Å²) in [6.07, 6.45) is 0.